The molecule has 0 aliphatic rings. The zero-order valence-electron chi connectivity index (χ0n) is 11.3. The van der Waals surface area contributed by atoms with Crippen molar-refractivity contribution in [3.63, 3.8) is 0 Å². The third-order valence-electron chi connectivity index (χ3n) is 2.80. The van der Waals surface area contributed by atoms with Crippen molar-refractivity contribution < 1.29 is 5.11 Å². The van der Waals surface area contributed by atoms with E-state index in [0.717, 1.165) is 17.8 Å². The van der Waals surface area contributed by atoms with Gasteiger partial charge < -0.3 is 10.0 Å². The highest BCUT2D eigenvalue weighted by Crippen LogP contribution is 2.30. The van der Waals surface area contributed by atoms with E-state index in [1.807, 2.05) is 24.3 Å². The van der Waals surface area contributed by atoms with Crippen LogP contribution in [0.2, 0.25) is 0 Å². The molecule has 0 aromatic heterocycles. The summed E-state index contributed by atoms with van der Waals surface area (Å²) in [5.74, 6) is 0. The van der Waals surface area contributed by atoms with Crippen LogP contribution in [0, 0.1) is 0 Å². The number of aliphatic hydroxyl groups excluding tert-OH is 1. The molecule has 0 unspecified atom stereocenters. The Morgan fingerprint density at radius 2 is 1.94 bits per heavy atom. The Morgan fingerprint density at radius 1 is 1.35 bits per heavy atom. The zero-order chi connectivity index (χ0) is 13.1. The molecule has 2 heteroatoms. The summed E-state index contributed by atoms with van der Waals surface area (Å²) in [5.41, 5.74) is 2.04. The summed E-state index contributed by atoms with van der Waals surface area (Å²) >= 11 is 0. The molecule has 0 spiro atoms. The summed E-state index contributed by atoms with van der Waals surface area (Å²) in [6, 6.07) is 7.99. The largest absolute Gasteiger partial charge is 0.389 e. The number of benzene rings is 1. The minimum atomic E-state index is -0.458. The van der Waals surface area contributed by atoms with Gasteiger partial charge in [0.25, 0.3) is 0 Å². The highest BCUT2D eigenvalue weighted by Gasteiger charge is 2.23. The van der Waals surface area contributed by atoms with Gasteiger partial charge in [-0.1, -0.05) is 24.3 Å². The second-order valence-corrected chi connectivity index (χ2v) is 5.30. The molecule has 1 N–H and O–H groups in total. The Morgan fingerprint density at radius 3 is 2.41 bits per heavy atom. The molecule has 17 heavy (non-hydrogen) atoms. The zero-order valence-corrected chi connectivity index (χ0v) is 11.3. The third-order valence-corrected chi connectivity index (χ3v) is 2.80. The fraction of sp³-hybridized carbons (Fsp3) is 0.467. The van der Waals surface area contributed by atoms with Crippen LogP contribution in [0.4, 0.5) is 5.69 Å². The van der Waals surface area contributed by atoms with Gasteiger partial charge in [0.05, 0.1) is 6.10 Å². The molecule has 0 saturated heterocycles. The van der Waals surface area contributed by atoms with Crippen LogP contribution in [0.1, 0.15) is 39.4 Å². The third kappa shape index (κ3) is 3.34. The highest BCUT2D eigenvalue weighted by atomic mass is 16.3. The molecule has 0 amide bonds. The second-order valence-electron chi connectivity index (χ2n) is 5.30. The van der Waals surface area contributed by atoms with E-state index in [0.29, 0.717) is 0 Å². The number of rotatable bonds is 4. The van der Waals surface area contributed by atoms with Crippen molar-refractivity contribution in [2.45, 2.75) is 39.3 Å². The Labute approximate surface area is 105 Å². The average molecular weight is 233 g/mol. The Kier molecular flexibility index (Phi) is 4.35. The van der Waals surface area contributed by atoms with Crippen molar-refractivity contribution in [1.29, 1.82) is 0 Å². The van der Waals surface area contributed by atoms with Gasteiger partial charge in [0.1, 0.15) is 0 Å². The minimum Gasteiger partial charge on any atom is -0.389 e. The Balaban J connectivity index is 3.23. The van der Waals surface area contributed by atoms with Crippen molar-refractivity contribution in [2.24, 2.45) is 0 Å². The van der Waals surface area contributed by atoms with Gasteiger partial charge in [0.2, 0.25) is 0 Å². The van der Waals surface area contributed by atoms with E-state index < -0.39 is 6.10 Å². The average Bonchev–Trinajstić information content (AvgIpc) is 2.24. The first-order valence-electron chi connectivity index (χ1n) is 6.03. The van der Waals surface area contributed by atoms with Crippen molar-refractivity contribution >= 4 is 5.69 Å². The topological polar surface area (TPSA) is 23.5 Å². The summed E-state index contributed by atoms with van der Waals surface area (Å²) in [6.45, 7) is 12.9. The molecule has 0 heterocycles. The first kappa shape index (κ1) is 13.8. The smallest absolute Gasteiger partial charge is 0.0781 e. The van der Waals surface area contributed by atoms with Crippen LogP contribution < -0.4 is 4.90 Å². The van der Waals surface area contributed by atoms with Gasteiger partial charge in [0, 0.05) is 23.3 Å². The number of hydrogen-bond donors (Lipinski definition) is 1. The molecule has 1 aromatic carbocycles. The summed E-state index contributed by atoms with van der Waals surface area (Å²) in [5, 5.41) is 9.83. The molecule has 0 radical (unpaired) electrons. The number of aliphatic hydroxyl groups is 1. The molecular weight excluding hydrogens is 210 g/mol. The molecule has 1 aromatic rings. The molecule has 94 valence electrons. The lowest BCUT2D eigenvalue weighted by atomic mass is 10.0. The molecular formula is C15H23NO. The van der Waals surface area contributed by atoms with Crippen molar-refractivity contribution in [1.82, 2.24) is 0 Å². The predicted molar refractivity (Wildman–Crippen MR) is 74.4 cm³/mol. The summed E-state index contributed by atoms with van der Waals surface area (Å²) in [7, 11) is 0. The molecule has 0 aliphatic carbocycles. The Hall–Kier alpha value is -1.28. The van der Waals surface area contributed by atoms with Crippen LogP contribution >= 0.6 is 0 Å². The fourth-order valence-corrected chi connectivity index (χ4v) is 1.95. The number of nitrogens with zero attached hydrogens (tertiary/aromatic N) is 1. The molecule has 2 nitrogen and oxygen atoms in total. The van der Waals surface area contributed by atoms with Gasteiger partial charge in [-0.05, 0) is 33.8 Å². The summed E-state index contributed by atoms with van der Waals surface area (Å²) in [4.78, 5) is 2.25. The van der Waals surface area contributed by atoms with Crippen LogP contribution in [-0.2, 0) is 0 Å². The SMILES string of the molecule is C=CCN(c1ccccc1[C@@H](C)O)C(C)(C)C. The van der Waals surface area contributed by atoms with Crippen molar-refractivity contribution in [3.05, 3.63) is 42.5 Å². The molecule has 0 fully saturated rings. The molecule has 1 rings (SSSR count). The van der Waals surface area contributed by atoms with Crippen LogP contribution in [-0.4, -0.2) is 17.2 Å². The normalized spacial score (nSPS) is 13.2. The van der Waals surface area contributed by atoms with E-state index in [4.69, 9.17) is 0 Å². The van der Waals surface area contributed by atoms with Gasteiger partial charge in [-0.3, -0.25) is 0 Å². The van der Waals surface area contributed by atoms with Crippen LogP contribution in [0.15, 0.2) is 36.9 Å². The number of hydrogen-bond acceptors (Lipinski definition) is 2. The highest BCUT2D eigenvalue weighted by molar-refractivity contribution is 5.56. The van der Waals surface area contributed by atoms with Gasteiger partial charge in [-0.15, -0.1) is 6.58 Å². The number of anilines is 1. The van der Waals surface area contributed by atoms with Crippen LogP contribution in [0.3, 0.4) is 0 Å². The molecule has 1 atom stereocenters. The molecule has 0 aliphatic heterocycles. The van der Waals surface area contributed by atoms with Gasteiger partial charge in [0.15, 0.2) is 0 Å². The fourth-order valence-electron chi connectivity index (χ4n) is 1.95. The van der Waals surface area contributed by atoms with Crippen LogP contribution in [0.5, 0.6) is 0 Å². The molecule has 0 saturated carbocycles. The van der Waals surface area contributed by atoms with Crippen molar-refractivity contribution in [3.8, 4) is 0 Å². The molecule has 0 bridgehead atoms. The maximum absolute atomic E-state index is 9.83. The quantitative estimate of drug-likeness (QED) is 0.804. The van der Waals surface area contributed by atoms with E-state index in [1.165, 1.54) is 0 Å². The minimum absolute atomic E-state index is 0.000810. The van der Waals surface area contributed by atoms with Crippen LogP contribution in [0.25, 0.3) is 0 Å². The van der Waals surface area contributed by atoms with Gasteiger partial charge in [-0.2, -0.15) is 0 Å². The second kappa shape index (κ2) is 5.37. The first-order valence-corrected chi connectivity index (χ1v) is 6.03. The van der Waals surface area contributed by atoms with Gasteiger partial charge in [-0.25, -0.2) is 0 Å². The maximum Gasteiger partial charge on any atom is 0.0781 e. The lowest BCUT2D eigenvalue weighted by Crippen LogP contribution is -2.42. The summed E-state index contributed by atoms with van der Waals surface area (Å²) in [6.07, 6.45) is 1.44. The van der Waals surface area contributed by atoms with E-state index in [9.17, 15) is 5.11 Å². The van der Waals surface area contributed by atoms with Gasteiger partial charge >= 0.3 is 0 Å². The lowest BCUT2D eigenvalue weighted by Gasteiger charge is -2.38. The van der Waals surface area contributed by atoms with E-state index in [-0.39, 0.29) is 5.54 Å². The first-order chi connectivity index (χ1) is 7.88. The van der Waals surface area contributed by atoms with E-state index >= 15 is 0 Å². The predicted octanol–water partition coefficient (Wildman–Crippen LogP) is 3.53. The van der Waals surface area contributed by atoms with E-state index in [1.54, 1.807) is 6.92 Å². The lowest BCUT2D eigenvalue weighted by molar-refractivity contribution is 0.199. The monoisotopic (exact) mass is 233 g/mol. The van der Waals surface area contributed by atoms with E-state index in [2.05, 4.69) is 38.3 Å². The maximum atomic E-state index is 9.83. The standard InChI is InChI=1S/C15H23NO/c1-6-11-16(15(3,4)5)14-10-8-7-9-13(14)12(2)17/h6-10,12,17H,1,11H2,2-5H3/t12-/m1/s1. The number of para-hydroxylation sites is 1. The Bertz CT molecular complexity index is 377. The van der Waals surface area contributed by atoms with Crippen molar-refractivity contribution in [2.75, 3.05) is 11.4 Å². The summed E-state index contributed by atoms with van der Waals surface area (Å²) < 4.78 is 0.